The number of piperidine rings is 1. The van der Waals surface area contributed by atoms with Crippen LogP contribution in [0.1, 0.15) is 38.3 Å². The second-order valence-corrected chi connectivity index (χ2v) is 7.51. The quantitative estimate of drug-likeness (QED) is 0.810. The zero-order valence-electron chi connectivity index (χ0n) is 16.3. The lowest BCUT2D eigenvalue weighted by Gasteiger charge is -2.36. The van der Waals surface area contributed by atoms with Gasteiger partial charge in [0.1, 0.15) is 6.61 Å². The second kappa shape index (κ2) is 9.28. The molecule has 3 rings (SSSR count). The van der Waals surface area contributed by atoms with E-state index >= 15 is 0 Å². The normalized spacial score (nSPS) is 24.4. The maximum Gasteiger partial charge on any atom is 0.254 e. The lowest BCUT2D eigenvalue weighted by atomic mass is 9.99. The van der Waals surface area contributed by atoms with Gasteiger partial charge in [0, 0.05) is 32.0 Å². The third-order valence-electron chi connectivity index (χ3n) is 5.56. The number of hydrogen-bond acceptors (Lipinski definition) is 5. The fraction of sp³-hybridized carbons (Fsp3) is 0.650. The molecular formula is C20H30N4O3. The van der Waals surface area contributed by atoms with E-state index in [1.54, 1.807) is 18.5 Å². The van der Waals surface area contributed by atoms with Crippen LogP contribution in [0.4, 0.5) is 0 Å². The minimum Gasteiger partial charge on any atom is -0.356 e. The summed E-state index contributed by atoms with van der Waals surface area (Å²) >= 11 is 0. The van der Waals surface area contributed by atoms with Gasteiger partial charge in [0.15, 0.2) is 6.10 Å². The van der Waals surface area contributed by atoms with Gasteiger partial charge in [0.25, 0.3) is 5.91 Å². The molecule has 0 saturated carbocycles. The first kappa shape index (κ1) is 19.8. The van der Waals surface area contributed by atoms with Crippen LogP contribution in [0.25, 0.3) is 0 Å². The van der Waals surface area contributed by atoms with Crippen LogP contribution in [0.2, 0.25) is 0 Å². The van der Waals surface area contributed by atoms with Crippen molar-refractivity contribution >= 4 is 11.8 Å². The fourth-order valence-electron chi connectivity index (χ4n) is 3.74. The van der Waals surface area contributed by atoms with E-state index in [1.807, 2.05) is 17.9 Å². The van der Waals surface area contributed by atoms with Crippen LogP contribution in [-0.2, 0) is 14.3 Å². The number of morpholine rings is 1. The Bertz CT molecular complexity index is 631. The van der Waals surface area contributed by atoms with Crippen molar-refractivity contribution in [3.05, 3.63) is 30.1 Å². The molecule has 2 atom stereocenters. The minimum absolute atomic E-state index is 0.0725. The number of likely N-dealkylation sites (tertiary alicyclic amines) is 1. The molecule has 2 saturated heterocycles. The van der Waals surface area contributed by atoms with Crippen molar-refractivity contribution in [1.29, 1.82) is 0 Å². The van der Waals surface area contributed by atoms with E-state index in [0.29, 0.717) is 13.1 Å². The van der Waals surface area contributed by atoms with Crippen molar-refractivity contribution < 1.29 is 14.3 Å². The van der Waals surface area contributed by atoms with Gasteiger partial charge >= 0.3 is 0 Å². The third-order valence-corrected chi connectivity index (χ3v) is 5.56. The fourth-order valence-corrected chi connectivity index (χ4v) is 3.74. The monoisotopic (exact) mass is 374 g/mol. The van der Waals surface area contributed by atoms with E-state index in [9.17, 15) is 9.59 Å². The highest BCUT2D eigenvalue weighted by atomic mass is 16.5. The molecule has 2 aliphatic rings. The summed E-state index contributed by atoms with van der Waals surface area (Å²) in [6.07, 6.45) is 5.07. The first-order chi connectivity index (χ1) is 13.1. The predicted octanol–water partition coefficient (Wildman–Crippen LogP) is 1.22. The van der Waals surface area contributed by atoms with Crippen LogP contribution >= 0.6 is 0 Å². The Labute approximate surface area is 161 Å². The molecule has 2 fully saturated rings. The van der Waals surface area contributed by atoms with E-state index in [1.165, 1.54) is 12.8 Å². The summed E-state index contributed by atoms with van der Waals surface area (Å²) in [5.41, 5.74) is 0.782. The van der Waals surface area contributed by atoms with Crippen LogP contribution in [-0.4, -0.2) is 72.0 Å². The van der Waals surface area contributed by atoms with E-state index < -0.39 is 12.1 Å². The summed E-state index contributed by atoms with van der Waals surface area (Å²) in [6.45, 7) is 8.57. The predicted molar refractivity (Wildman–Crippen MR) is 102 cm³/mol. The molecule has 2 amide bonds. The third kappa shape index (κ3) is 5.05. The van der Waals surface area contributed by atoms with Crippen LogP contribution < -0.4 is 5.32 Å². The van der Waals surface area contributed by atoms with Gasteiger partial charge in [-0.15, -0.1) is 0 Å². The Balaban J connectivity index is 1.64. The summed E-state index contributed by atoms with van der Waals surface area (Å²) in [4.78, 5) is 33.4. The molecule has 0 aliphatic carbocycles. The van der Waals surface area contributed by atoms with Gasteiger partial charge in [-0.25, -0.2) is 0 Å². The number of likely N-dealkylation sites (N-methyl/N-ethyl adjacent to an activating group) is 1. The lowest BCUT2D eigenvalue weighted by molar-refractivity contribution is -0.155. The molecule has 7 nitrogen and oxygen atoms in total. The average molecular weight is 374 g/mol. The van der Waals surface area contributed by atoms with Crippen LogP contribution in [0.15, 0.2) is 24.5 Å². The SMILES string of the molecule is CCN(CCN1CCC(C)CC1)C(=O)[C@H]1OCC(=O)N[C@@H]1c1cccnc1. The Morgan fingerprint density at radius 3 is 2.85 bits per heavy atom. The molecule has 2 aliphatic heterocycles. The van der Waals surface area contributed by atoms with Gasteiger partial charge in [-0.3, -0.25) is 14.6 Å². The Morgan fingerprint density at radius 1 is 1.41 bits per heavy atom. The maximum absolute atomic E-state index is 13.2. The summed E-state index contributed by atoms with van der Waals surface area (Å²) in [5, 5.41) is 2.89. The second-order valence-electron chi connectivity index (χ2n) is 7.51. The highest BCUT2D eigenvalue weighted by Gasteiger charge is 2.38. The van der Waals surface area contributed by atoms with Crippen molar-refractivity contribution in [3.8, 4) is 0 Å². The molecule has 3 heterocycles. The number of amides is 2. The van der Waals surface area contributed by atoms with Gasteiger partial charge in [-0.1, -0.05) is 13.0 Å². The number of carbonyl (C=O) groups excluding carboxylic acids is 2. The molecule has 0 aromatic carbocycles. The number of pyridine rings is 1. The molecular weight excluding hydrogens is 344 g/mol. The molecule has 1 aromatic heterocycles. The molecule has 0 spiro atoms. The van der Waals surface area contributed by atoms with Crippen molar-refractivity contribution in [1.82, 2.24) is 20.1 Å². The van der Waals surface area contributed by atoms with Gasteiger partial charge in [-0.05, 0) is 50.4 Å². The lowest BCUT2D eigenvalue weighted by Crippen LogP contribution is -2.54. The number of hydrogen-bond donors (Lipinski definition) is 1. The minimum atomic E-state index is -0.715. The van der Waals surface area contributed by atoms with Gasteiger partial charge in [0.05, 0.1) is 6.04 Å². The smallest absolute Gasteiger partial charge is 0.254 e. The standard InChI is InChI=1S/C20H30N4O3/c1-3-24(12-11-23-9-6-15(2)7-10-23)20(26)19-18(22-17(25)14-27-19)16-5-4-8-21-13-16/h4-5,8,13,15,18-19H,3,6-7,9-12,14H2,1-2H3,(H,22,25)/t18-,19+/m1/s1. The molecule has 0 bridgehead atoms. The van der Waals surface area contributed by atoms with E-state index in [4.69, 9.17) is 4.74 Å². The summed E-state index contributed by atoms with van der Waals surface area (Å²) in [6, 6.07) is 3.15. The zero-order valence-corrected chi connectivity index (χ0v) is 16.3. The largest absolute Gasteiger partial charge is 0.356 e. The van der Waals surface area contributed by atoms with E-state index in [-0.39, 0.29) is 18.4 Å². The van der Waals surface area contributed by atoms with E-state index in [0.717, 1.165) is 31.1 Å². The Kier molecular flexibility index (Phi) is 6.79. The summed E-state index contributed by atoms with van der Waals surface area (Å²) in [5.74, 6) is 0.514. The number of aromatic nitrogens is 1. The molecule has 0 radical (unpaired) electrons. The molecule has 0 unspecified atom stereocenters. The van der Waals surface area contributed by atoms with Gasteiger partial charge in [-0.2, -0.15) is 0 Å². The maximum atomic E-state index is 13.2. The molecule has 1 aromatic rings. The van der Waals surface area contributed by atoms with Crippen LogP contribution in [0.5, 0.6) is 0 Å². The van der Waals surface area contributed by atoms with Crippen molar-refractivity contribution in [2.24, 2.45) is 5.92 Å². The first-order valence-corrected chi connectivity index (χ1v) is 9.90. The van der Waals surface area contributed by atoms with Crippen molar-refractivity contribution in [3.63, 3.8) is 0 Å². The number of carbonyl (C=O) groups is 2. The first-order valence-electron chi connectivity index (χ1n) is 9.90. The Hall–Kier alpha value is -1.99. The number of rotatable bonds is 6. The molecule has 7 heteroatoms. The Morgan fingerprint density at radius 2 is 2.19 bits per heavy atom. The molecule has 1 N–H and O–H groups in total. The number of nitrogens with one attached hydrogen (secondary N) is 1. The molecule has 148 valence electrons. The zero-order chi connectivity index (χ0) is 19.2. The highest BCUT2D eigenvalue weighted by molar-refractivity contribution is 5.86. The van der Waals surface area contributed by atoms with Crippen LogP contribution in [0.3, 0.4) is 0 Å². The topological polar surface area (TPSA) is 74.8 Å². The molecule has 27 heavy (non-hydrogen) atoms. The number of ether oxygens (including phenoxy) is 1. The van der Waals surface area contributed by atoms with Crippen molar-refractivity contribution in [2.45, 2.75) is 38.8 Å². The number of nitrogens with zero attached hydrogens (tertiary/aromatic N) is 3. The van der Waals surface area contributed by atoms with Crippen LogP contribution in [0, 0.1) is 5.92 Å². The van der Waals surface area contributed by atoms with Gasteiger partial charge in [0.2, 0.25) is 5.91 Å². The van der Waals surface area contributed by atoms with Gasteiger partial charge < -0.3 is 19.9 Å². The summed E-state index contributed by atoms with van der Waals surface area (Å²) in [7, 11) is 0. The van der Waals surface area contributed by atoms with E-state index in [2.05, 4.69) is 22.1 Å². The van der Waals surface area contributed by atoms with Crippen molar-refractivity contribution in [2.75, 3.05) is 39.3 Å². The average Bonchev–Trinajstić information content (AvgIpc) is 2.70. The summed E-state index contributed by atoms with van der Waals surface area (Å²) < 4.78 is 5.66. The highest BCUT2D eigenvalue weighted by Crippen LogP contribution is 2.23.